The van der Waals surface area contributed by atoms with Gasteiger partial charge in [-0.1, -0.05) is 60.1 Å². The van der Waals surface area contributed by atoms with Crippen molar-refractivity contribution in [2.75, 3.05) is 0 Å². The Bertz CT molecular complexity index is 1170. The smallest absolute Gasteiger partial charge is 0.344 e. The van der Waals surface area contributed by atoms with Crippen LogP contribution >= 0.6 is 11.6 Å². The molecule has 0 saturated carbocycles. The fourth-order valence-electron chi connectivity index (χ4n) is 2.90. The number of pyridine rings is 1. The first-order chi connectivity index (χ1) is 13.6. The largest absolute Gasteiger partial charge is 0.423 e. The molecule has 4 rings (SSSR count). The van der Waals surface area contributed by atoms with Gasteiger partial charge in [-0.3, -0.25) is 4.79 Å². The van der Waals surface area contributed by atoms with Crippen LogP contribution in [0.25, 0.3) is 10.9 Å². The van der Waals surface area contributed by atoms with Crippen molar-refractivity contribution in [2.24, 2.45) is 0 Å². The summed E-state index contributed by atoms with van der Waals surface area (Å²) in [6.07, 6.45) is 0. The van der Waals surface area contributed by atoms with Gasteiger partial charge < -0.3 is 4.74 Å². The molecule has 28 heavy (non-hydrogen) atoms. The third kappa shape index (κ3) is 3.63. The van der Waals surface area contributed by atoms with Crippen molar-refractivity contribution in [3.63, 3.8) is 0 Å². The lowest BCUT2D eigenvalue weighted by molar-refractivity contribution is 0.0736. The summed E-state index contributed by atoms with van der Waals surface area (Å²) in [6, 6.07) is 24.2. The fourth-order valence-corrected chi connectivity index (χ4v) is 3.10. The van der Waals surface area contributed by atoms with E-state index in [-0.39, 0.29) is 10.9 Å². The van der Waals surface area contributed by atoms with E-state index < -0.39 is 5.97 Å². The summed E-state index contributed by atoms with van der Waals surface area (Å²) >= 11 is 6.03. The molecule has 4 aromatic rings. The van der Waals surface area contributed by atoms with Crippen LogP contribution in [-0.4, -0.2) is 16.7 Å². The number of benzene rings is 3. The van der Waals surface area contributed by atoms with E-state index in [0.717, 1.165) is 0 Å². The minimum Gasteiger partial charge on any atom is -0.423 e. The van der Waals surface area contributed by atoms with E-state index in [1.54, 1.807) is 48.5 Å². The van der Waals surface area contributed by atoms with Crippen LogP contribution in [-0.2, 0) is 0 Å². The van der Waals surface area contributed by atoms with Gasteiger partial charge in [0.2, 0.25) is 0 Å². The summed E-state index contributed by atoms with van der Waals surface area (Å²) in [5, 5.41) is 0.877. The van der Waals surface area contributed by atoms with Gasteiger partial charge in [-0.2, -0.15) is 0 Å². The van der Waals surface area contributed by atoms with Crippen LogP contribution in [0.1, 0.15) is 26.3 Å². The van der Waals surface area contributed by atoms with Crippen LogP contribution in [0.3, 0.4) is 0 Å². The Morgan fingerprint density at radius 3 is 2.18 bits per heavy atom. The SMILES string of the molecule is O=C(c1ccccc1)c1ccc(OC(=O)c2cc(Cl)nc3ccccc23)cc1. The molecule has 136 valence electrons. The van der Waals surface area contributed by atoms with Crippen LogP contribution in [0, 0.1) is 0 Å². The highest BCUT2D eigenvalue weighted by atomic mass is 35.5. The van der Waals surface area contributed by atoms with Gasteiger partial charge in [-0.05, 0) is 36.4 Å². The van der Waals surface area contributed by atoms with E-state index in [1.807, 2.05) is 30.3 Å². The van der Waals surface area contributed by atoms with Crippen LogP contribution in [0.2, 0.25) is 5.15 Å². The lowest BCUT2D eigenvalue weighted by Crippen LogP contribution is -2.10. The van der Waals surface area contributed by atoms with Crippen LogP contribution in [0.15, 0.2) is 84.9 Å². The predicted octanol–water partition coefficient (Wildman–Crippen LogP) is 5.34. The molecule has 0 saturated heterocycles. The molecule has 0 atom stereocenters. The van der Waals surface area contributed by atoms with E-state index >= 15 is 0 Å². The average Bonchev–Trinajstić information content (AvgIpc) is 2.73. The number of carbonyl (C=O) groups is 2. The topological polar surface area (TPSA) is 56.3 Å². The number of carbonyl (C=O) groups excluding carboxylic acids is 2. The van der Waals surface area contributed by atoms with Gasteiger partial charge in [0.25, 0.3) is 0 Å². The highest BCUT2D eigenvalue weighted by Gasteiger charge is 2.15. The zero-order valence-corrected chi connectivity index (χ0v) is 15.4. The molecule has 4 nitrogen and oxygen atoms in total. The first-order valence-electron chi connectivity index (χ1n) is 8.59. The van der Waals surface area contributed by atoms with E-state index in [2.05, 4.69) is 4.98 Å². The van der Waals surface area contributed by atoms with Gasteiger partial charge in [0, 0.05) is 16.5 Å². The Labute approximate surface area is 166 Å². The molecular formula is C23H14ClNO3. The predicted molar refractivity (Wildman–Crippen MR) is 108 cm³/mol. The monoisotopic (exact) mass is 387 g/mol. The fraction of sp³-hybridized carbons (Fsp3) is 0. The highest BCUT2D eigenvalue weighted by Crippen LogP contribution is 2.23. The second-order valence-electron chi connectivity index (χ2n) is 6.12. The Kier molecular flexibility index (Phi) is 4.87. The molecule has 0 aliphatic carbocycles. The molecule has 5 heteroatoms. The van der Waals surface area contributed by atoms with E-state index in [0.29, 0.717) is 33.3 Å². The third-order valence-corrected chi connectivity index (χ3v) is 4.46. The van der Waals surface area contributed by atoms with Gasteiger partial charge in [0.1, 0.15) is 10.9 Å². The average molecular weight is 388 g/mol. The van der Waals surface area contributed by atoms with E-state index in [4.69, 9.17) is 16.3 Å². The maximum Gasteiger partial charge on any atom is 0.344 e. The van der Waals surface area contributed by atoms with Crippen LogP contribution in [0.4, 0.5) is 0 Å². The number of ether oxygens (including phenoxy) is 1. The Balaban J connectivity index is 1.57. The third-order valence-electron chi connectivity index (χ3n) is 4.27. The quantitative estimate of drug-likeness (QED) is 0.205. The number of hydrogen-bond acceptors (Lipinski definition) is 4. The Morgan fingerprint density at radius 2 is 1.43 bits per heavy atom. The molecule has 3 aromatic carbocycles. The number of fused-ring (bicyclic) bond motifs is 1. The summed E-state index contributed by atoms with van der Waals surface area (Å²) in [5.41, 5.74) is 2.07. The zero-order chi connectivity index (χ0) is 19.5. The minimum atomic E-state index is -0.539. The summed E-state index contributed by atoms with van der Waals surface area (Å²) < 4.78 is 5.47. The molecule has 0 aliphatic heterocycles. The normalized spacial score (nSPS) is 10.6. The maximum absolute atomic E-state index is 12.6. The number of nitrogens with zero attached hydrogens (tertiary/aromatic N) is 1. The van der Waals surface area contributed by atoms with Crippen molar-refractivity contribution < 1.29 is 14.3 Å². The van der Waals surface area contributed by atoms with Crippen LogP contribution < -0.4 is 4.74 Å². The van der Waals surface area contributed by atoms with E-state index in [1.165, 1.54) is 6.07 Å². The number of rotatable bonds is 4. The molecule has 0 N–H and O–H groups in total. The van der Waals surface area contributed by atoms with Crippen molar-refractivity contribution in [3.8, 4) is 5.75 Å². The minimum absolute atomic E-state index is 0.0922. The molecule has 0 radical (unpaired) electrons. The van der Waals surface area contributed by atoms with E-state index in [9.17, 15) is 9.59 Å². The molecule has 0 spiro atoms. The zero-order valence-electron chi connectivity index (χ0n) is 14.6. The maximum atomic E-state index is 12.6. The molecule has 0 bridgehead atoms. The number of esters is 1. The Morgan fingerprint density at radius 1 is 0.786 bits per heavy atom. The highest BCUT2D eigenvalue weighted by molar-refractivity contribution is 6.30. The van der Waals surface area contributed by atoms with Crippen molar-refractivity contribution in [1.82, 2.24) is 4.98 Å². The second-order valence-corrected chi connectivity index (χ2v) is 6.51. The summed E-state index contributed by atoms with van der Waals surface area (Å²) in [5.74, 6) is -0.292. The molecule has 0 fully saturated rings. The van der Waals surface area contributed by atoms with Crippen LogP contribution in [0.5, 0.6) is 5.75 Å². The van der Waals surface area contributed by atoms with Gasteiger partial charge in [-0.15, -0.1) is 0 Å². The Hall–Kier alpha value is -3.50. The number of ketones is 1. The van der Waals surface area contributed by atoms with Gasteiger partial charge in [-0.25, -0.2) is 9.78 Å². The molecule has 1 heterocycles. The van der Waals surface area contributed by atoms with Gasteiger partial charge in [0.05, 0.1) is 11.1 Å². The summed E-state index contributed by atoms with van der Waals surface area (Å²) in [6.45, 7) is 0. The first kappa shape index (κ1) is 17.9. The standard InChI is InChI=1S/C23H14ClNO3/c24-21-14-19(18-8-4-5-9-20(18)25-21)23(27)28-17-12-10-16(11-13-17)22(26)15-6-2-1-3-7-15/h1-14H. The molecule has 1 aromatic heterocycles. The summed E-state index contributed by atoms with van der Waals surface area (Å²) in [4.78, 5) is 29.3. The number of para-hydroxylation sites is 1. The summed E-state index contributed by atoms with van der Waals surface area (Å²) in [7, 11) is 0. The molecule has 0 amide bonds. The van der Waals surface area contributed by atoms with Gasteiger partial charge in [0.15, 0.2) is 5.78 Å². The number of hydrogen-bond donors (Lipinski definition) is 0. The lowest BCUT2D eigenvalue weighted by Gasteiger charge is -2.08. The lowest BCUT2D eigenvalue weighted by atomic mass is 10.0. The van der Waals surface area contributed by atoms with Crippen molar-refractivity contribution >= 4 is 34.3 Å². The molecule has 0 unspecified atom stereocenters. The van der Waals surface area contributed by atoms with Gasteiger partial charge >= 0.3 is 5.97 Å². The van der Waals surface area contributed by atoms with Crippen molar-refractivity contribution in [2.45, 2.75) is 0 Å². The molecular weight excluding hydrogens is 374 g/mol. The number of aromatic nitrogens is 1. The van der Waals surface area contributed by atoms with Crippen molar-refractivity contribution in [3.05, 3.63) is 107 Å². The molecule has 0 aliphatic rings. The second kappa shape index (κ2) is 7.62. The number of halogens is 1. The first-order valence-corrected chi connectivity index (χ1v) is 8.97. The van der Waals surface area contributed by atoms with Crippen molar-refractivity contribution in [1.29, 1.82) is 0 Å².